The van der Waals surface area contributed by atoms with Gasteiger partial charge in [-0.3, -0.25) is 9.69 Å². The van der Waals surface area contributed by atoms with E-state index in [0.29, 0.717) is 24.7 Å². The van der Waals surface area contributed by atoms with Crippen molar-refractivity contribution in [3.63, 3.8) is 0 Å². The van der Waals surface area contributed by atoms with E-state index in [9.17, 15) is 4.79 Å². The molecule has 0 atom stereocenters. The van der Waals surface area contributed by atoms with E-state index < -0.39 is 5.97 Å². The highest BCUT2D eigenvalue weighted by molar-refractivity contribution is 6.31. The number of hydrogen-bond donors (Lipinski definition) is 1. The zero-order valence-electron chi connectivity index (χ0n) is 9.60. The largest absolute Gasteiger partial charge is 0.481 e. The van der Waals surface area contributed by atoms with E-state index >= 15 is 0 Å². The van der Waals surface area contributed by atoms with Crippen molar-refractivity contribution in [3.8, 4) is 0 Å². The Morgan fingerprint density at radius 3 is 2.76 bits per heavy atom. The minimum atomic E-state index is -0.793. The standard InChI is InChI=1S/C13H16ClNO2/c1-2-8-15(9-7-13(16)17)10-11-5-3-4-6-12(11)14/h2-6H,1,7-10H2,(H,16,17). The Balaban J connectivity index is 2.62. The van der Waals surface area contributed by atoms with Crippen molar-refractivity contribution >= 4 is 17.6 Å². The summed E-state index contributed by atoms with van der Waals surface area (Å²) in [6.07, 6.45) is 1.89. The van der Waals surface area contributed by atoms with Gasteiger partial charge in [0.25, 0.3) is 0 Å². The molecule has 0 saturated heterocycles. The highest BCUT2D eigenvalue weighted by Crippen LogP contribution is 2.17. The molecule has 0 unspecified atom stereocenters. The lowest BCUT2D eigenvalue weighted by Gasteiger charge is -2.20. The van der Waals surface area contributed by atoms with Crippen LogP contribution in [0.1, 0.15) is 12.0 Å². The summed E-state index contributed by atoms with van der Waals surface area (Å²) in [5.41, 5.74) is 1.00. The molecule has 1 aromatic rings. The number of aliphatic carboxylic acids is 1. The van der Waals surface area contributed by atoms with Crippen LogP contribution in [0.3, 0.4) is 0 Å². The van der Waals surface area contributed by atoms with Gasteiger partial charge in [-0.15, -0.1) is 6.58 Å². The molecule has 1 N–H and O–H groups in total. The summed E-state index contributed by atoms with van der Waals surface area (Å²) in [6, 6.07) is 7.57. The van der Waals surface area contributed by atoms with Gasteiger partial charge in [0.1, 0.15) is 0 Å². The van der Waals surface area contributed by atoms with Crippen LogP contribution >= 0.6 is 11.6 Å². The topological polar surface area (TPSA) is 40.5 Å². The maximum Gasteiger partial charge on any atom is 0.304 e. The van der Waals surface area contributed by atoms with E-state index in [0.717, 1.165) is 5.56 Å². The third kappa shape index (κ3) is 5.02. The first kappa shape index (κ1) is 13.7. The lowest BCUT2D eigenvalue weighted by atomic mass is 10.2. The number of benzene rings is 1. The summed E-state index contributed by atoms with van der Waals surface area (Å²) >= 11 is 6.06. The minimum absolute atomic E-state index is 0.123. The lowest BCUT2D eigenvalue weighted by molar-refractivity contribution is -0.137. The smallest absolute Gasteiger partial charge is 0.304 e. The van der Waals surface area contributed by atoms with Crippen LogP contribution in [0.4, 0.5) is 0 Å². The van der Waals surface area contributed by atoms with Gasteiger partial charge in [-0.2, -0.15) is 0 Å². The number of carboxylic acids is 1. The summed E-state index contributed by atoms with van der Waals surface area (Å²) in [5.74, 6) is -0.793. The summed E-state index contributed by atoms with van der Waals surface area (Å²) < 4.78 is 0. The molecular weight excluding hydrogens is 238 g/mol. The van der Waals surface area contributed by atoms with E-state index in [-0.39, 0.29) is 6.42 Å². The molecule has 0 aromatic heterocycles. The number of nitrogens with zero attached hydrogens (tertiary/aromatic N) is 1. The number of carbonyl (C=O) groups is 1. The second kappa shape index (κ2) is 7.09. The number of halogens is 1. The molecule has 0 saturated carbocycles. The normalized spacial score (nSPS) is 10.5. The molecule has 0 amide bonds. The van der Waals surface area contributed by atoms with Crippen molar-refractivity contribution in [2.75, 3.05) is 13.1 Å². The predicted octanol–water partition coefficient (Wildman–Crippen LogP) is 2.80. The number of carboxylic acid groups (broad SMARTS) is 1. The second-order valence-electron chi connectivity index (χ2n) is 3.76. The Bertz CT molecular complexity index is 393. The van der Waals surface area contributed by atoms with Crippen molar-refractivity contribution in [2.24, 2.45) is 0 Å². The highest BCUT2D eigenvalue weighted by Gasteiger charge is 2.08. The van der Waals surface area contributed by atoms with Crippen LogP contribution in [-0.2, 0) is 11.3 Å². The third-order valence-electron chi connectivity index (χ3n) is 2.38. The van der Waals surface area contributed by atoms with Crippen LogP contribution in [0.5, 0.6) is 0 Å². The predicted molar refractivity (Wildman–Crippen MR) is 69.2 cm³/mol. The van der Waals surface area contributed by atoms with E-state index in [4.69, 9.17) is 16.7 Å². The van der Waals surface area contributed by atoms with Gasteiger partial charge in [-0.05, 0) is 11.6 Å². The summed E-state index contributed by atoms with van der Waals surface area (Å²) in [7, 11) is 0. The molecule has 1 aromatic carbocycles. The maximum absolute atomic E-state index is 10.5. The fraction of sp³-hybridized carbons (Fsp3) is 0.308. The molecule has 17 heavy (non-hydrogen) atoms. The van der Waals surface area contributed by atoms with Gasteiger partial charge in [0, 0.05) is 24.7 Å². The zero-order chi connectivity index (χ0) is 12.7. The maximum atomic E-state index is 10.5. The van der Waals surface area contributed by atoms with E-state index in [1.165, 1.54) is 0 Å². The first-order valence-electron chi connectivity index (χ1n) is 5.42. The molecule has 4 heteroatoms. The lowest BCUT2D eigenvalue weighted by Crippen LogP contribution is -2.26. The molecule has 0 fully saturated rings. The van der Waals surface area contributed by atoms with Crippen LogP contribution in [0, 0.1) is 0 Å². The third-order valence-corrected chi connectivity index (χ3v) is 2.75. The van der Waals surface area contributed by atoms with Gasteiger partial charge in [-0.25, -0.2) is 0 Å². The number of hydrogen-bond acceptors (Lipinski definition) is 2. The van der Waals surface area contributed by atoms with Crippen LogP contribution in [-0.4, -0.2) is 29.1 Å². The van der Waals surface area contributed by atoms with E-state index in [1.807, 2.05) is 29.2 Å². The van der Waals surface area contributed by atoms with Gasteiger partial charge >= 0.3 is 5.97 Å². The van der Waals surface area contributed by atoms with E-state index in [1.54, 1.807) is 6.08 Å². The molecule has 0 aliphatic carbocycles. The van der Waals surface area contributed by atoms with Crippen molar-refractivity contribution in [2.45, 2.75) is 13.0 Å². The van der Waals surface area contributed by atoms with Gasteiger partial charge in [0.05, 0.1) is 6.42 Å². The monoisotopic (exact) mass is 253 g/mol. The summed E-state index contributed by atoms with van der Waals surface area (Å²) in [6.45, 7) is 5.45. The van der Waals surface area contributed by atoms with Crippen molar-refractivity contribution in [1.29, 1.82) is 0 Å². The van der Waals surface area contributed by atoms with Gasteiger partial charge in [0.15, 0.2) is 0 Å². The van der Waals surface area contributed by atoms with Crippen LogP contribution < -0.4 is 0 Å². The summed E-state index contributed by atoms with van der Waals surface area (Å²) in [5, 5.41) is 9.38. The summed E-state index contributed by atoms with van der Waals surface area (Å²) in [4.78, 5) is 12.6. The first-order chi connectivity index (χ1) is 8.13. The molecular formula is C13H16ClNO2. The SMILES string of the molecule is C=CCN(CCC(=O)O)Cc1ccccc1Cl. The molecule has 0 heterocycles. The van der Waals surface area contributed by atoms with Crippen molar-refractivity contribution < 1.29 is 9.90 Å². The highest BCUT2D eigenvalue weighted by atomic mass is 35.5. The quantitative estimate of drug-likeness (QED) is 0.760. The molecule has 0 aliphatic heterocycles. The average Bonchev–Trinajstić information content (AvgIpc) is 2.29. The second-order valence-corrected chi connectivity index (χ2v) is 4.17. The molecule has 0 bridgehead atoms. The van der Waals surface area contributed by atoms with Gasteiger partial charge in [-0.1, -0.05) is 35.9 Å². The van der Waals surface area contributed by atoms with Crippen LogP contribution in [0.15, 0.2) is 36.9 Å². The molecule has 92 valence electrons. The molecule has 0 radical (unpaired) electrons. The Morgan fingerprint density at radius 2 is 2.18 bits per heavy atom. The molecule has 0 aliphatic rings. The molecule has 0 spiro atoms. The Labute approximate surface area is 106 Å². The zero-order valence-corrected chi connectivity index (χ0v) is 10.4. The van der Waals surface area contributed by atoms with Crippen molar-refractivity contribution in [3.05, 3.63) is 47.5 Å². The molecule has 1 rings (SSSR count). The van der Waals surface area contributed by atoms with Gasteiger partial charge < -0.3 is 5.11 Å². The molecule has 3 nitrogen and oxygen atoms in total. The number of rotatable bonds is 7. The van der Waals surface area contributed by atoms with Gasteiger partial charge in [0.2, 0.25) is 0 Å². The fourth-order valence-electron chi connectivity index (χ4n) is 1.54. The minimum Gasteiger partial charge on any atom is -0.481 e. The van der Waals surface area contributed by atoms with E-state index in [2.05, 4.69) is 6.58 Å². The Morgan fingerprint density at radius 1 is 1.47 bits per heavy atom. The van der Waals surface area contributed by atoms with Crippen molar-refractivity contribution in [1.82, 2.24) is 4.90 Å². The fourth-order valence-corrected chi connectivity index (χ4v) is 1.73. The van der Waals surface area contributed by atoms with Crippen LogP contribution in [0.25, 0.3) is 0 Å². The Hall–Kier alpha value is -1.32. The van der Waals surface area contributed by atoms with Crippen LogP contribution in [0.2, 0.25) is 5.02 Å². The first-order valence-corrected chi connectivity index (χ1v) is 5.79. The Kier molecular flexibility index (Phi) is 5.73. The average molecular weight is 254 g/mol.